The van der Waals surface area contributed by atoms with Crippen LogP contribution in [0.1, 0.15) is 69.8 Å². The first-order valence-corrected chi connectivity index (χ1v) is 12.5. The SMILES string of the molecule is CON(CCCCCCCCCCC#CCCc1cccnc1)[C@@H]1OC(CO)[C@H](O)[C@H](O)C1O. The molecule has 2 rings (SSSR count). The van der Waals surface area contributed by atoms with Crippen LogP contribution < -0.4 is 0 Å². The van der Waals surface area contributed by atoms with Gasteiger partial charge in [-0.15, -0.1) is 11.8 Å². The van der Waals surface area contributed by atoms with Crippen LogP contribution >= 0.6 is 0 Å². The second kappa shape index (κ2) is 17.0. The van der Waals surface area contributed by atoms with Gasteiger partial charge >= 0.3 is 0 Å². The van der Waals surface area contributed by atoms with Gasteiger partial charge in [0.15, 0.2) is 6.23 Å². The Kier molecular flexibility index (Phi) is 14.3. The quantitative estimate of drug-likeness (QED) is 0.172. The molecular weight excluding hydrogens is 436 g/mol. The lowest BCUT2D eigenvalue weighted by molar-refractivity contribution is -0.328. The number of hydrogen-bond acceptors (Lipinski definition) is 8. The Bertz CT molecular complexity index is 708. The Labute approximate surface area is 203 Å². The fourth-order valence-corrected chi connectivity index (χ4v) is 4.11. The minimum absolute atomic E-state index is 0.447. The van der Waals surface area contributed by atoms with Crippen molar-refractivity contribution < 1.29 is 30.0 Å². The molecule has 0 amide bonds. The van der Waals surface area contributed by atoms with Gasteiger partial charge in [-0.25, -0.2) is 0 Å². The van der Waals surface area contributed by atoms with Crippen LogP contribution in [-0.4, -0.2) is 81.4 Å². The van der Waals surface area contributed by atoms with Gasteiger partial charge in [-0.1, -0.05) is 44.6 Å². The molecule has 5 atom stereocenters. The predicted octanol–water partition coefficient (Wildman–Crippen LogP) is 2.19. The predicted molar refractivity (Wildman–Crippen MR) is 129 cm³/mol. The van der Waals surface area contributed by atoms with Crippen molar-refractivity contribution in [1.29, 1.82) is 0 Å². The second-order valence-corrected chi connectivity index (χ2v) is 8.84. The Morgan fingerprint density at radius 2 is 1.62 bits per heavy atom. The smallest absolute Gasteiger partial charge is 0.162 e. The molecule has 0 bridgehead atoms. The van der Waals surface area contributed by atoms with Gasteiger partial charge in [0.2, 0.25) is 0 Å². The van der Waals surface area contributed by atoms with Crippen LogP contribution in [0.15, 0.2) is 24.5 Å². The average Bonchev–Trinajstić information content (AvgIpc) is 2.86. The molecule has 2 heterocycles. The van der Waals surface area contributed by atoms with E-state index in [0.717, 1.165) is 44.9 Å². The Morgan fingerprint density at radius 3 is 2.26 bits per heavy atom. The van der Waals surface area contributed by atoms with E-state index in [1.54, 1.807) is 6.20 Å². The average molecular weight is 479 g/mol. The number of aromatic nitrogens is 1. The summed E-state index contributed by atoms with van der Waals surface area (Å²) in [5.41, 5.74) is 1.24. The molecule has 1 saturated heterocycles. The number of hydroxylamine groups is 2. The van der Waals surface area contributed by atoms with Crippen LogP contribution in [-0.2, 0) is 16.0 Å². The van der Waals surface area contributed by atoms with Gasteiger partial charge in [-0.3, -0.25) is 9.82 Å². The number of nitrogens with zero attached hydrogens (tertiary/aromatic N) is 2. The summed E-state index contributed by atoms with van der Waals surface area (Å²) in [4.78, 5) is 9.44. The highest BCUT2D eigenvalue weighted by molar-refractivity contribution is 5.11. The van der Waals surface area contributed by atoms with Crippen LogP contribution in [0.4, 0.5) is 0 Å². The van der Waals surface area contributed by atoms with Gasteiger partial charge < -0.3 is 25.2 Å². The fraction of sp³-hybridized carbons (Fsp3) is 0.731. The van der Waals surface area contributed by atoms with Crippen molar-refractivity contribution in [3.8, 4) is 11.8 Å². The molecule has 0 saturated carbocycles. The minimum atomic E-state index is -1.40. The number of hydrogen-bond donors (Lipinski definition) is 4. The van der Waals surface area contributed by atoms with E-state index >= 15 is 0 Å². The monoisotopic (exact) mass is 478 g/mol. The molecule has 2 unspecified atom stereocenters. The third kappa shape index (κ3) is 9.96. The molecule has 8 heteroatoms. The molecule has 192 valence electrons. The van der Waals surface area contributed by atoms with E-state index in [4.69, 9.17) is 9.57 Å². The van der Waals surface area contributed by atoms with Crippen molar-refractivity contribution in [3.05, 3.63) is 30.1 Å². The van der Waals surface area contributed by atoms with E-state index in [0.29, 0.717) is 6.54 Å². The van der Waals surface area contributed by atoms with Crippen molar-refractivity contribution in [1.82, 2.24) is 10.0 Å². The van der Waals surface area contributed by atoms with E-state index in [2.05, 4.69) is 22.9 Å². The molecule has 4 N–H and O–H groups in total. The van der Waals surface area contributed by atoms with Crippen molar-refractivity contribution in [2.75, 3.05) is 20.3 Å². The lowest BCUT2D eigenvalue weighted by Gasteiger charge is -2.43. The third-order valence-electron chi connectivity index (χ3n) is 6.20. The summed E-state index contributed by atoms with van der Waals surface area (Å²) in [5, 5.41) is 40.9. The highest BCUT2D eigenvalue weighted by Gasteiger charge is 2.45. The molecule has 1 aliphatic rings. The zero-order valence-corrected chi connectivity index (χ0v) is 20.4. The summed E-state index contributed by atoms with van der Waals surface area (Å²) in [6.45, 7) is 0.0798. The molecule has 0 radical (unpaired) electrons. The van der Waals surface area contributed by atoms with Gasteiger partial charge in [-0.05, 0) is 30.9 Å². The van der Waals surface area contributed by atoms with E-state index in [1.165, 1.54) is 43.4 Å². The van der Waals surface area contributed by atoms with E-state index in [9.17, 15) is 20.4 Å². The van der Waals surface area contributed by atoms with E-state index < -0.39 is 37.3 Å². The highest BCUT2D eigenvalue weighted by atomic mass is 16.7. The summed E-state index contributed by atoms with van der Waals surface area (Å²) in [6, 6.07) is 4.05. The zero-order valence-electron chi connectivity index (χ0n) is 20.4. The number of unbranched alkanes of at least 4 members (excludes halogenated alkanes) is 8. The molecule has 1 fully saturated rings. The Hall–Kier alpha value is -1.57. The highest BCUT2D eigenvalue weighted by Crippen LogP contribution is 2.24. The Morgan fingerprint density at radius 1 is 0.941 bits per heavy atom. The van der Waals surface area contributed by atoms with Gasteiger partial charge in [-0.2, -0.15) is 5.06 Å². The van der Waals surface area contributed by atoms with Crippen LogP contribution in [0.25, 0.3) is 0 Å². The molecule has 1 aromatic rings. The van der Waals surface area contributed by atoms with Crippen LogP contribution in [0.3, 0.4) is 0 Å². The molecule has 8 nitrogen and oxygen atoms in total. The van der Waals surface area contributed by atoms with Gasteiger partial charge in [0.25, 0.3) is 0 Å². The first-order valence-electron chi connectivity index (χ1n) is 12.5. The normalized spacial score (nSPS) is 24.7. The van der Waals surface area contributed by atoms with Crippen LogP contribution in [0, 0.1) is 11.8 Å². The van der Waals surface area contributed by atoms with Gasteiger partial charge in [0, 0.05) is 31.8 Å². The summed E-state index contributed by atoms with van der Waals surface area (Å²) >= 11 is 0. The summed E-state index contributed by atoms with van der Waals surface area (Å²) < 4.78 is 5.55. The lowest BCUT2D eigenvalue weighted by Crippen LogP contribution is -2.63. The maximum Gasteiger partial charge on any atom is 0.162 e. The van der Waals surface area contributed by atoms with E-state index in [1.807, 2.05) is 12.3 Å². The Balaban J connectivity index is 1.47. The molecule has 0 spiro atoms. The maximum atomic E-state index is 10.2. The zero-order chi connectivity index (χ0) is 24.6. The number of aliphatic hydroxyl groups excluding tert-OH is 4. The molecule has 0 aliphatic carbocycles. The largest absolute Gasteiger partial charge is 0.394 e. The van der Waals surface area contributed by atoms with Crippen molar-refractivity contribution in [3.63, 3.8) is 0 Å². The van der Waals surface area contributed by atoms with Crippen molar-refractivity contribution in [2.24, 2.45) is 0 Å². The second-order valence-electron chi connectivity index (χ2n) is 8.84. The summed E-state index contributed by atoms with van der Waals surface area (Å²) in [5.74, 6) is 6.53. The van der Waals surface area contributed by atoms with Crippen molar-refractivity contribution >= 4 is 0 Å². The maximum absolute atomic E-state index is 10.2. The number of aryl methyl sites for hydroxylation is 1. The minimum Gasteiger partial charge on any atom is -0.394 e. The topological polar surface area (TPSA) is 116 Å². The first kappa shape index (κ1) is 28.7. The van der Waals surface area contributed by atoms with Gasteiger partial charge in [0.05, 0.1) is 13.7 Å². The first-order chi connectivity index (χ1) is 16.6. The number of ether oxygens (including phenoxy) is 1. The lowest BCUT2D eigenvalue weighted by atomic mass is 9.98. The number of rotatable bonds is 15. The molecule has 1 aliphatic heterocycles. The van der Waals surface area contributed by atoms with E-state index in [-0.39, 0.29) is 0 Å². The third-order valence-corrected chi connectivity index (χ3v) is 6.20. The molecule has 1 aromatic heterocycles. The van der Waals surface area contributed by atoms with Crippen LogP contribution in [0.5, 0.6) is 0 Å². The van der Waals surface area contributed by atoms with Crippen LogP contribution in [0.2, 0.25) is 0 Å². The number of pyridine rings is 1. The summed E-state index contributed by atoms with van der Waals surface area (Å²) in [7, 11) is 1.48. The van der Waals surface area contributed by atoms with Gasteiger partial charge in [0.1, 0.15) is 24.4 Å². The standard InChI is InChI=1S/C26H42N2O6/c1-33-28(26-25(32)24(31)23(30)22(20-29)34-26)18-13-11-9-7-5-3-2-4-6-8-10-12-15-21-16-14-17-27-19-21/h14,16-17,19,22-26,29-32H,2-7,9,11-13,15,18,20H2,1H3/t22?,23-,24-,25?,26+/m0/s1. The molecule has 34 heavy (non-hydrogen) atoms. The summed E-state index contributed by atoms with van der Waals surface area (Å²) in [6.07, 6.45) is 9.59. The number of aliphatic hydroxyl groups is 4. The molecular formula is C26H42N2O6. The van der Waals surface area contributed by atoms with Crippen molar-refractivity contribution in [2.45, 2.75) is 101 Å². The fourth-order valence-electron chi connectivity index (χ4n) is 4.11. The molecule has 0 aromatic carbocycles.